The lowest BCUT2D eigenvalue weighted by Gasteiger charge is -2.27. The van der Waals surface area contributed by atoms with E-state index in [0.29, 0.717) is 0 Å². The van der Waals surface area contributed by atoms with Crippen molar-refractivity contribution in [2.24, 2.45) is 0 Å². The third-order valence-corrected chi connectivity index (χ3v) is 9.38. The lowest BCUT2D eigenvalue weighted by molar-refractivity contribution is 1.30. The van der Waals surface area contributed by atoms with Gasteiger partial charge in [0, 0.05) is 38.6 Å². The van der Waals surface area contributed by atoms with E-state index in [9.17, 15) is 0 Å². The van der Waals surface area contributed by atoms with E-state index in [1.807, 2.05) is 0 Å². The molecule has 0 bridgehead atoms. The van der Waals surface area contributed by atoms with Gasteiger partial charge in [-0.1, -0.05) is 133 Å². The molecule has 0 saturated heterocycles. The molecule has 1 aromatic heterocycles. The second kappa shape index (κ2) is 11.8. The number of hydrogen-bond acceptors (Lipinski definition) is 1. The minimum absolute atomic E-state index is 1.12. The molecule has 2 nitrogen and oxygen atoms in total. The first-order valence-corrected chi connectivity index (χ1v) is 16.4. The van der Waals surface area contributed by atoms with E-state index >= 15 is 0 Å². The van der Waals surface area contributed by atoms with E-state index in [1.54, 1.807) is 0 Å². The smallest absolute Gasteiger partial charge is 0.0540 e. The predicted molar refractivity (Wildman–Crippen MR) is 204 cm³/mol. The molecule has 0 fully saturated rings. The zero-order valence-electron chi connectivity index (χ0n) is 26.3. The summed E-state index contributed by atoms with van der Waals surface area (Å²) in [5.41, 5.74) is 13.0. The minimum atomic E-state index is 1.12. The van der Waals surface area contributed by atoms with Crippen molar-refractivity contribution >= 4 is 49.6 Å². The Morgan fingerprint density at radius 2 is 0.958 bits per heavy atom. The second-order valence-corrected chi connectivity index (χ2v) is 12.3. The van der Waals surface area contributed by atoms with E-state index in [-0.39, 0.29) is 0 Å². The van der Waals surface area contributed by atoms with Gasteiger partial charge in [0.25, 0.3) is 0 Å². The highest BCUT2D eigenvalue weighted by Gasteiger charge is 2.16. The van der Waals surface area contributed by atoms with Crippen LogP contribution in [0.3, 0.4) is 0 Å². The number of anilines is 3. The van der Waals surface area contributed by atoms with Gasteiger partial charge < -0.3 is 9.88 Å². The van der Waals surface area contributed by atoms with Crippen LogP contribution in [0.5, 0.6) is 0 Å². The molecule has 0 amide bonds. The highest BCUT2D eigenvalue weighted by atomic mass is 15.1. The lowest BCUT2D eigenvalue weighted by atomic mass is 9.95. The van der Waals surface area contributed by atoms with E-state index in [4.69, 9.17) is 0 Å². The maximum Gasteiger partial charge on any atom is 0.0540 e. The van der Waals surface area contributed by atoms with Gasteiger partial charge in [0.1, 0.15) is 0 Å². The first kappa shape index (κ1) is 27.9. The molecule has 0 aliphatic carbocycles. The Kier molecular flexibility index (Phi) is 6.84. The number of benzene rings is 8. The number of rotatable bonds is 6. The summed E-state index contributed by atoms with van der Waals surface area (Å²) in [7, 11) is 0. The molecule has 1 heterocycles. The van der Waals surface area contributed by atoms with Crippen molar-refractivity contribution in [3.8, 4) is 33.4 Å². The zero-order chi connectivity index (χ0) is 31.9. The standard InChI is InChI=1S/C46H32N2/c1-3-12-32(13-4-1)35-16-9-17-37(30-35)41-21-11-22-44-46(41)42-31-36(26-29-43(42)47-44)33-24-27-39(28-25-33)48(38-18-5-2-6-19-38)45-23-10-15-34-14-7-8-20-40(34)45/h1-31,47H. The zero-order valence-corrected chi connectivity index (χ0v) is 26.3. The van der Waals surface area contributed by atoms with E-state index < -0.39 is 0 Å². The van der Waals surface area contributed by atoms with Crippen molar-refractivity contribution in [2.75, 3.05) is 4.90 Å². The number of aromatic amines is 1. The van der Waals surface area contributed by atoms with Crippen molar-refractivity contribution < 1.29 is 0 Å². The molecule has 9 rings (SSSR count). The van der Waals surface area contributed by atoms with Gasteiger partial charge in [-0.05, 0) is 93.4 Å². The fourth-order valence-electron chi connectivity index (χ4n) is 7.08. The number of para-hydroxylation sites is 1. The molecule has 9 aromatic rings. The molecular formula is C46H32N2. The van der Waals surface area contributed by atoms with Crippen molar-refractivity contribution in [2.45, 2.75) is 0 Å². The van der Waals surface area contributed by atoms with Gasteiger partial charge in [0.2, 0.25) is 0 Å². The molecule has 0 atom stereocenters. The number of nitrogens with one attached hydrogen (secondary N) is 1. The molecule has 0 saturated carbocycles. The minimum Gasteiger partial charge on any atom is -0.354 e. The van der Waals surface area contributed by atoms with Crippen LogP contribution in [-0.4, -0.2) is 4.98 Å². The maximum absolute atomic E-state index is 3.68. The van der Waals surface area contributed by atoms with Gasteiger partial charge in [-0.15, -0.1) is 0 Å². The summed E-state index contributed by atoms with van der Waals surface area (Å²) in [6.07, 6.45) is 0. The summed E-state index contributed by atoms with van der Waals surface area (Å²) in [5, 5.41) is 4.94. The van der Waals surface area contributed by atoms with Crippen LogP contribution >= 0.6 is 0 Å². The number of nitrogens with zero attached hydrogens (tertiary/aromatic N) is 1. The molecule has 1 N–H and O–H groups in total. The molecule has 48 heavy (non-hydrogen) atoms. The van der Waals surface area contributed by atoms with E-state index in [2.05, 4.69) is 198 Å². The summed E-state index contributed by atoms with van der Waals surface area (Å²) in [6.45, 7) is 0. The number of fused-ring (bicyclic) bond motifs is 4. The summed E-state index contributed by atoms with van der Waals surface area (Å²) < 4.78 is 0. The molecule has 0 aliphatic rings. The summed E-state index contributed by atoms with van der Waals surface area (Å²) in [5.74, 6) is 0. The maximum atomic E-state index is 3.68. The van der Waals surface area contributed by atoms with Crippen LogP contribution in [0.1, 0.15) is 0 Å². The summed E-state index contributed by atoms with van der Waals surface area (Å²) in [6, 6.07) is 67.6. The quantitative estimate of drug-likeness (QED) is 0.198. The third kappa shape index (κ3) is 4.92. The van der Waals surface area contributed by atoms with Crippen LogP contribution in [-0.2, 0) is 0 Å². The van der Waals surface area contributed by atoms with Gasteiger partial charge in [-0.2, -0.15) is 0 Å². The first-order chi connectivity index (χ1) is 23.8. The Morgan fingerprint density at radius 1 is 0.354 bits per heavy atom. The molecule has 0 spiro atoms. The van der Waals surface area contributed by atoms with Gasteiger partial charge >= 0.3 is 0 Å². The normalized spacial score (nSPS) is 11.3. The van der Waals surface area contributed by atoms with Gasteiger partial charge in [-0.3, -0.25) is 0 Å². The SMILES string of the molecule is c1ccc(-c2cccc(-c3cccc4[nH]c5ccc(-c6ccc(N(c7ccccc7)c7cccc8ccccc78)cc6)cc5c34)c2)cc1. The monoisotopic (exact) mass is 612 g/mol. The Labute approximate surface area is 280 Å². The molecule has 8 aromatic carbocycles. The third-order valence-electron chi connectivity index (χ3n) is 9.38. The highest BCUT2D eigenvalue weighted by molar-refractivity contribution is 6.15. The first-order valence-electron chi connectivity index (χ1n) is 16.4. The molecule has 0 aliphatic heterocycles. The van der Waals surface area contributed by atoms with Crippen molar-refractivity contribution in [1.29, 1.82) is 0 Å². The average molecular weight is 613 g/mol. The fourth-order valence-corrected chi connectivity index (χ4v) is 7.08. The largest absolute Gasteiger partial charge is 0.354 e. The van der Waals surface area contributed by atoms with Gasteiger partial charge in [0.05, 0.1) is 5.69 Å². The lowest BCUT2D eigenvalue weighted by Crippen LogP contribution is -2.10. The molecule has 0 unspecified atom stereocenters. The second-order valence-electron chi connectivity index (χ2n) is 12.3. The fraction of sp³-hybridized carbons (Fsp3) is 0. The topological polar surface area (TPSA) is 19.0 Å². The predicted octanol–water partition coefficient (Wildman–Crippen LogP) is 12.9. The van der Waals surface area contributed by atoms with Crippen molar-refractivity contribution in [1.82, 2.24) is 4.98 Å². The van der Waals surface area contributed by atoms with Gasteiger partial charge in [0.15, 0.2) is 0 Å². The Hall–Kier alpha value is -6.38. The summed E-state index contributed by atoms with van der Waals surface area (Å²) in [4.78, 5) is 6.03. The van der Waals surface area contributed by atoms with Crippen LogP contribution < -0.4 is 4.90 Å². The van der Waals surface area contributed by atoms with Crippen LogP contribution in [0.2, 0.25) is 0 Å². The Balaban J connectivity index is 1.13. The van der Waals surface area contributed by atoms with Crippen molar-refractivity contribution in [3.63, 3.8) is 0 Å². The number of aromatic nitrogens is 1. The average Bonchev–Trinajstić information content (AvgIpc) is 3.54. The van der Waals surface area contributed by atoms with Crippen molar-refractivity contribution in [3.05, 3.63) is 188 Å². The van der Waals surface area contributed by atoms with Crippen LogP contribution in [0.15, 0.2) is 188 Å². The number of hydrogen-bond donors (Lipinski definition) is 1. The molecule has 2 heteroatoms. The Morgan fingerprint density at radius 3 is 1.81 bits per heavy atom. The van der Waals surface area contributed by atoms with E-state index in [0.717, 1.165) is 28.1 Å². The van der Waals surface area contributed by atoms with Crippen LogP contribution in [0, 0.1) is 0 Å². The number of H-pyrrole nitrogens is 1. The van der Waals surface area contributed by atoms with E-state index in [1.165, 1.54) is 54.9 Å². The highest BCUT2D eigenvalue weighted by Crippen LogP contribution is 2.41. The molecular weight excluding hydrogens is 581 g/mol. The van der Waals surface area contributed by atoms with Crippen LogP contribution in [0.4, 0.5) is 17.1 Å². The molecule has 0 radical (unpaired) electrons. The molecule has 226 valence electrons. The Bertz CT molecular complexity index is 2540. The summed E-state index contributed by atoms with van der Waals surface area (Å²) >= 11 is 0. The van der Waals surface area contributed by atoms with Gasteiger partial charge in [-0.25, -0.2) is 0 Å². The van der Waals surface area contributed by atoms with Crippen LogP contribution in [0.25, 0.3) is 66.0 Å².